The molecule has 200 valence electrons. The van der Waals surface area contributed by atoms with Crippen LogP contribution in [-0.2, 0) is 19.0 Å². The molecule has 4 rings (SSSR count). The molecule has 3 fully saturated rings. The van der Waals surface area contributed by atoms with E-state index in [0.29, 0.717) is 23.3 Å². The molecule has 0 spiro atoms. The highest BCUT2D eigenvalue weighted by molar-refractivity contribution is 5.82. The third-order valence-corrected chi connectivity index (χ3v) is 8.92. The summed E-state index contributed by atoms with van der Waals surface area (Å²) in [5.74, 6) is 2.03. The second-order valence-electron chi connectivity index (χ2n) is 10.8. The number of amides is 2. The second-order valence-corrected chi connectivity index (χ2v) is 10.8. The molecule has 1 aliphatic heterocycles. The van der Waals surface area contributed by atoms with E-state index in [-0.39, 0.29) is 48.8 Å². The van der Waals surface area contributed by atoms with E-state index >= 15 is 0 Å². The minimum atomic E-state index is -0.633. The van der Waals surface area contributed by atoms with Gasteiger partial charge in [0.15, 0.2) is 6.29 Å². The first-order valence-corrected chi connectivity index (χ1v) is 12.8. The zero-order valence-electron chi connectivity index (χ0n) is 22.2. The molecular weight excluding hydrogens is 464 g/mol. The van der Waals surface area contributed by atoms with Gasteiger partial charge in [-0.15, -0.1) is 0 Å². The average molecular weight is 505 g/mol. The van der Waals surface area contributed by atoms with Crippen LogP contribution in [0.5, 0.6) is 11.5 Å². The fourth-order valence-electron chi connectivity index (χ4n) is 6.68. The van der Waals surface area contributed by atoms with Crippen LogP contribution in [0, 0.1) is 22.7 Å². The summed E-state index contributed by atoms with van der Waals surface area (Å²) in [6, 6.07) is 5.50. The van der Waals surface area contributed by atoms with E-state index in [1.165, 1.54) is 12.8 Å². The molecule has 3 aliphatic rings. The Bertz CT molecular complexity index is 967. The van der Waals surface area contributed by atoms with E-state index in [9.17, 15) is 9.59 Å². The number of fused-ring (bicyclic) bond motifs is 5. The first-order valence-electron chi connectivity index (χ1n) is 12.8. The predicted octanol–water partition coefficient (Wildman–Crippen LogP) is 3.81. The van der Waals surface area contributed by atoms with Gasteiger partial charge >= 0.3 is 6.09 Å². The summed E-state index contributed by atoms with van der Waals surface area (Å²) in [6.45, 7) is 9.04. The molecule has 1 heterocycles. The lowest BCUT2D eigenvalue weighted by Crippen LogP contribution is -2.40. The third-order valence-electron chi connectivity index (χ3n) is 8.92. The molecule has 0 aromatic heterocycles. The molecule has 2 bridgehead atoms. The van der Waals surface area contributed by atoms with Gasteiger partial charge in [0.2, 0.25) is 5.91 Å². The molecule has 1 saturated heterocycles. The van der Waals surface area contributed by atoms with Crippen molar-refractivity contribution in [1.29, 1.82) is 0 Å². The van der Waals surface area contributed by atoms with Crippen molar-refractivity contribution in [1.82, 2.24) is 10.6 Å². The standard InChI is InChI=1S/C27H40N2O7/c1-7-34-25(31)29-15-22(30)28-14-21(18-12-16(32-5)8-9-20(18)33-6)35-23-13-17-19-10-11-27(4,24(17)36-23)26(19,2)3/h8-9,12,17,19,21,23-24H,7,10-11,13-15H2,1-6H3,(H,28,30)(H,29,31)/t17-,19-,21-,23-,24-,27+/m1/s1. The topological polar surface area (TPSA) is 104 Å². The Balaban J connectivity index is 1.48. The lowest BCUT2D eigenvalue weighted by Gasteiger charge is -2.39. The molecule has 36 heavy (non-hydrogen) atoms. The van der Waals surface area contributed by atoms with Crippen LogP contribution in [0.4, 0.5) is 4.79 Å². The number of nitrogens with one attached hydrogen (secondary N) is 2. The van der Waals surface area contributed by atoms with Crippen LogP contribution in [0.3, 0.4) is 0 Å². The van der Waals surface area contributed by atoms with E-state index in [1.807, 2.05) is 18.2 Å². The lowest BCUT2D eigenvalue weighted by atomic mass is 9.70. The van der Waals surface area contributed by atoms with E-state index < -0.39 is 12.2 Å². The Labute approximate surface area is 213 Å². The second kappa shape index (κ2) is 10.5. The molecule has 2 N–H and O–H groups in total. The van der Waals surface area contributed by atoms with Gasteiger partial charge < -0.3 is 34.3 Å². The highest BCUT2D eigenvalue weighted by Gasteiger charge is 2.69. The molecule has 2 aliphatic carbocycles. The Kier molecular flexibility index (Phi) is 7.71. The number of benzene rings is 1. The molecular formula is C27H40N2O7. The van der Waals surface area contributed by atoms with Crippen LogP contribution in [0.2, 0.25) is 0 Å². The number of hydrogen-bond donors (Lipinski definition) is 2. The highest BCUT2D eigenvalue weighted by atomic mass is 16.7. The van der Waals surface area contributed by atoms with E-state index in [0.717, 1.165) is 12.0 Å². The SMILES string of the molecule is CCOC(=O)NCC(=O)NC[C@@H](O[C@H]1C[C@@H]2[C@H]3CC[C@@](C)([C@@H]2O1)C3(C)C)c1cc(OC)ccc1OC. The fourth-order valence-corrected chi connectivity index (χ4v) is 6.68. The summed E-state index contributed by atoms with van der Waals surface area (Å²) in [5.41, 5.74) is 1.14. The summed E-state index contributed by atoms with van der Waals surface area (Å²) in [5, 5.41) is 5.29. The number of rotatable bonds is 10. The first-order chi connectivity index (χ1) is 17.1. The zero-order chi connectivity index (χ0) is 26.1. The molecule has 2 amide bonds. The van der Waals surface area contributed by atoms with Crippen molar-refractivity contribution in [3.8, 4) is 11.5 Å². The van der Waals surface area contributed by atoms with Gasteiger partial charge in [-0.1, -0.05) is 20.8 Å². The maximum atomic E-state index is 12.4. The molecule has 0 unspecified atom stereocenters. The third kappa shape index (κ3) is 4.75. The van der Waals surface area contributed by atoms with Gasteiger partial charge in [-0.25, -0.2) is 4.79 Å². The minimum Gasteiger partial charge on any atom is -0.497 e. The van der Waals surface area contributed by atoms with Gasteiger partial charge in [-0.05, 0) is 60.6 Å². The van der Waals surface area contributed by atoms with Gasteiger partial charge in [-0.2, -0.15) is 0 Å². The van der Waals surface area contributed by atoms with Crippen molar-refractivity contribution in [2.24, 2.45) is 22.7 Å². The number of ether oxygens (including phenoxy) is 5. The maximum Gasteiger partial charge on any atom is 0.407 e. The molecule has 1 aromatic rings. The van der Waals surface area contributed by atoms with Crippen molar-refractivity contribution in [2.75, 3.05) is 33.9 Å². The first kappa shape index (κ1) is 26.5. The molecule has 6 atom stereocenters. The molecule has 1 aromatic carbocycles. The van der Waals surface area contributed by atoms with Crippen molar-refractivity contribution < 1.29 is 33.3 Å². The quantitative estimate of drug-likeness (QED) is 0.499. The van der Waals surface area contributed by atoms with Crippen LogP contribution < -0.4 is 20.1 Å². The van der Waals surface area contributed by atoms with E-state index in [2.05, 4.69) is 31.4 Å². The van der Waals surface area contributed by atoms with Crippen molar-refractivity contribution in [2.45, 2.75) is 65.5 Å². The summed E-state index contributed by atoms with van der Waals surface area (Å²) in [6.07, 6.45) is 1.86. The Morgan fingerprint density at radius 3 is 2.61 bits per heavy atom. The Morgan fingerprint density at radius 1 is 1.17 bits per heavy atom. The zero-order valence-corrected chi connectivity index (χ0v) is 22.2. The normalized spacial score (nSPS) is 30.4. The monoisotopic (exact) mass is 504 g/mol. The molecule has 9 nitrogen and oxygen atoms in total. The van der Waals surface area contributed by atoms with E-state index in [4.69, 9.17) is 23.7 Å². The van der Waals surface area contributed by atoms with Crippen LogP contribution in [-0.4, -0.2) is 58.3 Å². The number of carbonyl (C=O) groups is 2. The van der Waals surface area contributed by atoms with Crippen molar-refractivity contribution in [3.05, 3.63) is 23.8 Å². The minimum absolute atomic E-state index is 0.135. The lowest BCUT2D eigenvalue weighted by molar-refractivity contribution is -0.187. The van der Waals surface area contributed by atoms with Crippen molar-refractivity contribution >= 4 is 12.0 Å². The van der Waals surface area contributed by atoms with Gasteiger partial charge in [0.25, 0.3) is 0 Å². The predicted molar refractivity (Wildman–Crippen MR) is 133 cm³/mol. The van der Waals surface area contributed by atoms with Gasteiger partial charge in [0, 0.05) is 18.5 Å². The highest BCUT2D eigenvalue weighted by Crippen LogP contribution is 2.71. The molecule has 9 heteroatoms. The number of carbonyl (C=O) groups excluding carboxylic acids is 2. The van der Waals surface area contributed by atoms with Crippen LogP contribution in [0.1, 0.15) is 58.6 Å². The summed E-state index contributed by atoms with van der Waals surface area (Å²) in [7, 11) is 3.20. The summed E-state index contributed by atoms with van der Waals surface area (Å²) in [4.78, 5) is 24.0. The van der Waals surface area contributed by atoms with Gasteiger partial charge in [0.05, 0.1) is 33.5 Å². The Morgan fingerprint density at radius 2 is 1.94 bits per heavy atom. The van der Waals surface area contributed by atoms with E-state index in [1.54, 1.807) is 21.1 Å². The smallest absolute Gasteiger partial charge is 0.407 e. The Hall–Kier alpha value is -2.52. The number of alkyl carbamates (subject to hydrolysis) is 1. The maximum absolute atomic E-state index is 12.4. The van der Waals surface area contributed by atoms with Crippen LogP contribution in [0.25, 0.3) is 0 Å². The van der Waals surface area contributed by atoms with Crippen molar-refractivity contribution in [3.63, 3.8) is 0 Å². The van der Waals surface area contributed by atoms with Gasteiger partial charge in [-0.3, -0.25) is 4.79 Å². The molecule has 2 saturated carbocycles. The average Bonchev–Trinajstić information content (AvgIpc) is 3.43. The number of methoxy groups -OCH3 is 2. The largest absolute Gasteiger partial charge is 0.497 e. The number of hydrogen-bond acceptors (Lipinski definition) is 7. The summed E-state index contributed by atoms with van der Waals surface area (Å²) >= 11 is 0. The fraction of sp³-hybridized carbons (Fsp3) is 0.704. The van der Waals surface area contributed by atoms with Gasteiger partial charge in [0.1, 0.15) is 17.6 Å². The summed E-state index contributed by atoms with van der Waals surface area (Å²) < 4.78 is 29.0. The van der Waals surface area contributed by atoms with Crippen LogP contribution in [0.15, 0.2) is 18.2 Å². The molecule has 0 radical (unpaired) electrons. The van der Waals surface area contributed by atoms with Crippen LogP contribution >= 0.6 is 0 Å².